The highest BCUT2D eigenvalue weighted by Gasteiger charge is 2.31. The Morgan fingerprint density at radius 3 is 2.30 bits per heavy atom. The third-order valence-corrected chi connectivity index (χ3v) is 2.89. The molecule has 0 amide bonds. The largest absolute Gasteiger partial charge is 0.416 e. The van der Waals surface area contributed by atoms with Crippen LogP contribution in [-0.2, 0) is 6.18 Å². The molecule has 0 radical (unpaired) electrons. The predicted octanol–water partition coefficient (Wildman–Crippen LogP) is 4.69. The summed E-state index contributed by atoms with van der Waals surface area (Å²) < 4.78 is 51.4. The second kappa shape index (κ2) is 4.97. The van der Waals surface area contributed by atoms with E-state index in [1.165, 1.54) is 24.3 Å². The van der Waals surface area contributed by atoms with Gasteiger partial charge in [-0.1, -0.05) is 6.07 Å². The van der Waals surface area contributed by atoms with Crippen molar-refractivity contribution in [1.82, 2.24) is 0 Å². The maximum absolute atomic E-state index is 13.0. The smallest absolute Gasteiger partial charge is 0.207 e. The molecule has 5 heteroatoms. The van der Waals surface area contributed by atoms with Gasteiger partial charge in [-0.3, -0.25) is 0 Å². The van der Waals surface area contributed by atoms with Crippen molar-refractivity contribution in [3.05, 3.63) is 58.9 Å². The molecule has 0 aliphatic rings. The van der Waals surface area contributed by atoms with Gasteiger partial charge in [-0.25, -0.2) is 4.39 Å². The molecule has 0 aliphatic heterocycles. The molecule has 0 spiro atoms. The fourth-order valence-corrected chi connectivity index (χ4v) is 1.96. The fourth-order valence-electron chi connectivity index (χ4n) is 1.96. The van der Waals surface area contributed by atoms with E-state index in [-0.39, 0.29) is 11.1 Å². The highest BCUT2D eigenvalue weighted by Crippen LogP contribution is 2.34. The third-order valence-electron chi connectivity index (χ3n) is 2.89. The molecule has 0 aromatic heterocycles. The van der Waals surface area contributed by atoms with Gasteiger partial charge in [0.05, 0.1) is 17.2 Å². The molecule has 0 saturated heterocycles. The molecule has 1 nitrogen and oxygen atoms in total. The number of alkyl halides is 3. The number of halogens is 4. The van der Waals surface area contributed by atoms with Crippen molar-refractivity contribution >= 4 is 0 Å². The summed E-state index contributed by atoms with van der Waals surface area (Å²) in [6.07, 6.45) is -4.53. The molecule has 0 saturated carbocycles. The first-order valence-electron chi connectivity index (χ1n) is 5.70. The molecule has 0 fully saturated rings. The lowest BCUT2D eigenvalue weighted by molar-refractivity contribution is -0.137. The van der Waals surface area contributed by atoms with Gasteiger partial charge in [-0.05, 0) is 53.9 Å². The van der Waals surface area contributed by atoms with Crippen molar-refractivity contribution in [2.45, 2.75) is 13.1 Å². The average molecular weight is 279 g/mol. The zero-order chi connectivity index (χ0) is 14.9. The Labute approximate surface area is 113 Å². The second-order valence-corrected chi connectivity index (χ2v) is 4.37. The van der Waals surface area contributed by atoms with Gasteiger partial charge in [0.15, 0.2) is 0 Å². The lowest BCUT2D eigenvalue weighted by atomic mass is 9.96. The highest BCUT2D eigenvalue weighted by molar-refractivity contribution is 5.69. The van der Waals surface area contributed by atoms with E-state index in [4.69, 9.17) is 5.26 Å². The highest BCUT2D eigenvalue weighted by atomic mass is 19.4. The molecule has 0 N–H and O–H groups in total. The Hall–Kier alpha value is -2.35. The predicted molar refractivity (Wildman–Crippen MR) is 66.3 cm³/mol. The SMILES string of the molecule is Cc1cc(F)ccc1-c1cc(C#N)cc(C(F)(F)F)c1. The molecule has 0 unspecified atom stereocenters. The minimum absolute atomic E-state index is 0.0847. The summed E-state index contributed by atoms with van der Waals surface area (Å²) >= 11 is 0. The van der Waals surface area contributed by atoms with Crippen LogP contribution in [0.2, 0.25) is 0 Å². The van der Waals surface area contributed by atoms with Gasteiger partial charge in [0.25, 0.3) is 0 Å². The Morgan fingerprint density at radius 2 is 1.75 bits per heavy atom. The topological polar surface area (TPSA) is 23.8 Å². The van der Waals surface area contributed by atoms with Crippen LogP contribution >= 0.6 is 0 Å². The van der Waals surface area contributed by atoms with Crippen molar-refractivity contribution in [2.24, 2.45) is 0 Å². The molecule has 2 aromatic carbocycles. The fraction of sp³-hybridized carbons (Fsp3) is 0.133. The van der Waals surface area contributed by atoms with Gasteiger partial charge < -0.3 is 0 Å². The van der Waals surface area contributed by atoms with Gasteiger partial charge in [-0.2, -0.15) is 18.4 Å². The monoisotopic (exact) mass is 279 g/mol. The van der Waals surface area contributed by atoms with E-state index < -0.39 is 17.6 Å². The molecule has 0 heterocycles. The van der Waals surface area contributed by atoms with Crippen LogP contribution in [0.4, 0.5) is 17.6 Å². The van der Waals surface area contributed by atoms with Crippen molar-refractivity contribution < 1.29 is 17.6 Å². The zero-order valence-corrected chi connectivity index (χ0v) is 10.4. The molecule has 0 bridgehead atoms. The van der Waals surface area contributed by atoms with Crippen molar-refractivity contribution in [3.63, 3.8) is 0 Å². The number of hydrogen-bond acceptors (Lipinski definition) is 1. The first-order chi connectivity index (χ1) is 9.31. The van der Waals surface area contributed by atoms with Crippen LogP contribution in [0.15, 0.2) is 36.4 Å². The first kappa shape index (κ1) is 14.1. The molecule has 102 valence electrons. The number of nitriles is 1. The van der Waals surface area contributed by atoms with Crippen molar-refractivity contribution in [1.29, 1.82) is 5.26 Å². The molecule has 2 rings (SSSR count). The minimum atomic E-state index is -4.53. The quantitative estimate of drug-likeness (QED) is 0.694. The summed E-state index contributed by atoms with van der Waals surface area (Å²) in [5.74, 6) is -0.460. The Morgan fingerprint density at radius 1 is 1.05 bits per heavy atom. The first-order valence-corrected chi connectivity index (χ1v) is 5.70. The molecule has 0 atom stereocenters. The van der Waals surface area contributed by atoms with Crippen molar-refractivity contribution in [3.8, 4) is 17.2 Å². The van der Waals surface area contributed by atoms with Crippen LogP contribution in [0.3, 0.4) is 0 Å². The van der Waals surface area contributed by atoms with E-state index in [0.717, 1.165) is 12.1 Å². The van der Waals surface area contributed by atoms with Gasteiger partial charge >= 0.3 is 6.18 Å². The number of aryl methyl sites for hydroxylation is 1. The Bertz CT molecular complexity index is 696. The molecule has 0 aliphatic carbocycles. The third kappa shape index (κ3) is 2.80. The zero-order valence-electron chi connectivity index (χ0n) is 10.4. The molecule has 2 aromatic rings. The summed E-state index contributed by atoms with van der Waals surface area (Å²) in [6, 6.07) is 8.63. The van der Waals surface area contributed by atoms with E-state index in [1.807, 2.05) is 0 Å². The van der Waals surface area contributed by atoms with E-state index in [2.05, 4.69) is 0 Å². The maximum Gasteiger partial charge on any atom is 0.416 e. The molecular weight excluding hydrogens is 270 g/mol. The average Bonchev–Trinajstić information content (AvgIpc) is 2.37. The van der Waals surface area contributed by atoms with Crippen LogP contribution in [0, 0.1) is 24.1 Å². The Balaban J connectivity index is 2.65. The molecular formula is C15H9F4N. The van der Waals surface area contributed by atoms with Crippen LogP contribution in [-0.4, -0.2) is 0 Å². The van der Waals surface area contributed by atoms with Gasteiger partial charge in [0.2, 0.25) is 0 Å². The number of benzene rings is 2. The summed E-state index contributed by atoms with van der Waals surface area (Å²) in [4.78, 5) is 0. The molecule has 20 heavy (non-hydrogen) atoms. The summed E-state index contributed by atoms with van der Waals surface area (Å²) in [7, 11) is 0. The number of rotatable bonds is 1. The Kier molecular flexibility index (Phi) is 3.49. The van der Waals surface area contributed by atoms with Gasteiger partial charge in [0.1, 0.15) is 5.82 Å². The lowest BCUT2D eigenvalue weighted by Gasteiger charge is -2.11. The summed E-state index contributed by atoms with van der Waals surface area (Å²) in [5, 5.41) is 8.84. The van der Waals surface area contributed by atoms with Crippen molar-refractivity contribution in [2.75, 3.05) is 0 Å². The van der Waals surface area contributed by atoms with Crippen LogP contribution < -0.4 is 0 Å². The summed E-state index contributed by atoms with van der Waals surface area (Å²) in [6.45, 7) is 1.60. The second-order valence-electron chi connectivity index (χ2n) is 4.37. The maximum atomic E-state index is 13.0. The van der Waals surface area contributed by atoms with Crippen LogP contribution in [0.5, 0.6) is 0 Å². The number of nitrogens with zero attached hydrogens (tertiary/aromatic N) is 1. The van der Waals surface area contributed by atoms with Crippen LogP contribution in [0.25, 0.3) is 11.1 Å². The minimum Gasteiger partial charge on any atom is -0.207 e. The van der Waals surface area contributed by atoms with E-state index in [1.54, 1.807) is 13.0 Å². The standard InChI is InChI=1S/C15H9F4N/c1-9-4-13(16)2-3-14(9)11-5-10(8-20)6-12(7-11)15(17,18)19/h2-7H,1H3. The normalized spacial score (nSPS) is 11.2. The van der Waals surface area contributed by atoms with E-state index in [0.29, 0.717) is 11.1 Å². The number of hydrogen-bond donors (Lipinski definition) is 0. The van der Waals surface area contributed by atoms with Crippen LogP contribution in [0.1, 0.15) is 16.7 Å². The lowest BCUT2D eigenvalue weighted by Crippen LogP contribution is -2.05. The van der Waals surface area contributed by atoms with E-state index in [9.17, 15) is 17.6 Å². The van der Waals surface area contributed by atoms with Gasteiger partial charge in [0, 0.05) is 0 Å². The van der Waals surface area contributed by atoms with Gasteiger partial charge in [-0.15, -0.1) is 0 Å². The summed E-state index contributed by atoms with van der Waals surface area (Å²) in [5.41, 5.74) is 0.241. The van der Waals surface area contributed by atoms with E-state index >= 15 is 0 Å².